The molecular formula is C47H52F21N5OS3. The average Bonchev–Trinajstić information content (AvgIpc) is 4.20. The molecule has 0 aromatic heterocycles. The molecule has 3 N–H and O–H groups in total. The van der Waals surface area contributed by atoms with Crippen LogP contribution in [0.5, 0.6) is 0 Å². The number of anilines is 2. The van der Waals surface area contributed by atoms with E-state index < -0.39 is 91.3 Å². The third kappa shape index (κ3) is 28.4. The van der Waals surface area contributed by atoms with Gasteiger partial charge in [-0.25, -0.2) is 18.2 Å². The van der Waals surface area contributed by atoms with Crippen LogP contribution in [0.3, 0.4) is 0 Å². The molecule has 1 saturated heterocycles. The van der Waals surface area contributed by atoms with Gasteiger partial charge >= 0.3 is 37.1 Å². The van der Waals surface area contributed by atoms with Crippen LogP contribution in [0.25, 0.3) is 0 Å². The number of hydrogen-bond acceptors (Lipinski definition) is 7. The summed E-state index contributed by atoms with van der Waals surface area (Å²) in [5.41, 5.74) is 5.78. The van der Waals surface area contributed by atoms with Crippen molar-refractivity contribution in [2.45, 2.75) is 131 Å². The van der Waals surface area contributed by atoms with E-state index in [9.17, 15) is 97.0 Å². The Hall–Kier alpha value is -4.35. The lowest BCUT2D eigenvalue weighted by Crippen LogP contribution is -2.35. The molecule has 3 fully saturated rings. The number of halogens is 21. The van der Waals surface area contributed by atoms with Gasteiger partial charge in [-0.2, -0.15) is 79.0 Å². The molecule has 0 unspecified atom stereocenters. The summed E-state index contributed by atoms with van der Waals surface area (Å²) in [5, 5.41) is 2.53. The summed E-state index contributed by atoms with van der Waals surface area (Å²) in [6, 6.07) is 6.77. The van der Waals surface area contributed by atoms with Gasteiger partial charge in [0, 0.05) is 45.9 Å². The van der Waals surface area contributed by atoms with Crippen LogP contribution in [0, 0.1) is 50.1 Å². The summed E-state index contributed by atoms with van der Waals surface area (Å²) in [6.07, 6.45) is -23.8. The Balaban J connectivity index is 0.000000366. The van der Waals surface area contributed by atoms with Crippen molar-refractivity contribution in [1.82, 2.24) is 4.90 Å². The highest BCUT2D eigenvalue weighted by atomic mass is 32.2. The minimum absolute atomic E-state index is 0. The first-order chi connectivity index (χ1) is 34.7. The third-order valence-corrected chi connectivity index (χ3v) is 13.8. The second kappa shape index (κ2) is 28.7. The second-order valence-electron chi connectivity index (χ2n) is 17.3. The van der Waals surface area contributed by atoms with Crippen LogP contribution in [0.4, 0.5) is 109 Å². The van der Waals surface area contributed by atoms with Crippen molar-refractivity contribution in [3.63, 3.8) is 0 Å². The zero-order chi connectivity index (χ0) is 57.8. The van der Waals surface area contributed by atoms with Crippen molar-refractivity contribution < 1.29 is 97.0 Å². The molecule has 0 spiro atoms. The van der Waals surface area contributed by atoms with Gasteiger partial charge < -0.3 is 16.0 Å². The van der Waals surface area contributed by atoms with E-state index in [2.05, 4.69) is 15.3 Å². The predicted octanol–water partition coefficient (Wildman–Crippen LogP) is 17.4. The average molecular weight is 1200 g/mol. The van der Waals surface area contributed by atoms with E-state index in [4.69, 9.17) is 5.73 Å². The molecule has 0 radical (unpaired) electrons. The number of aryl methyl sites for hydroxylation is 3. The Morgan fingerprint density at radius 2 is 1.06 bits per heavy atom. The summed E-state index contributed by atoms with van der Waals surface area (Å²) in [5.74, 6) is -5.81. The number of hydrogen-bond donors (Lipinski definition) is 2. The number of thioether (sulfide) groups is 3. The quantitative estimate of drug-likeness (QED) is 0.0547. The van der Waals surface area contributed by atoms with Crippen LogP contribution in [0.1, 0.15) is 75.5 Å². The summed E-state index contributed by atoms with van der Waals surface area (Å²) in [7, 11) is 0. The molecule has 0 bridgehead atoms. The van der Waals surface area contributed by atoms with Crippen molar-refractivity contribution in [2.24, 2.45) is 21.8 Å². The molecule has 77 heavy (non-hydrogen) atoms. The Morgan fingerprint density at radius 1 is 0.610 bits per heavy atom. The number of carbonyl (C=O) groups excluding carboxylic acids is 1. The molecule has 3 aromatic rings. The number of amidine groups is 2. The van der Waals surface area contributed by atoms with Gasteiger partial charge in [-0.05, 0) is 106 Å². The van der Waals surface area contributed by atoms with Crippen LogP contribution < -0.4 is 11.1 Å². The van der Waals surface area contributed by atoms with Crippen molar-refractivity contribution in [2.75, 3.05) is 47.9 Å². The monoisotopic (exact) mass is 1200 g/mol. The van der Waals surface area contributed by atoms with Crippen LogP contribution in [-0.4, -0.2) is 96.3 Å². The fourth-order valence-corrected chi connectivity index (χ4v) is 8.70. The number of rotatable bonds is 14. The van der Waals surface area contributed by atoms with Gasteiger partial charge in [0.25, 0.3) is 0 Å². The Morgan fingerprint density at radius 3 is 1.51 bits per heavy atom. The van der Waals surface area contributed by atoms with Crippen LogP contribution in [0.2, 0.25) is 0 Å². The fraction of sp³-hybridized carbons (Fsp3) is 0.553. The maximum absolute atomic E-state index is 14.1. The molecule has 6 rings (SSSR count). The number of nitrogens with two attached hydrogens (primary N) is 1. The first-order valence-corrected chi connectivity index (χ1v) is 25.2. The molecule has 2 saturated carbocycles. The summed E-state index contributed by atoms with van der Waals surface area (Å²) in [6.45, 7) is 2.04. The van der Waals surface area contributed by atoms with Gasteiger partial charge in [-0.15, -0.1) is 35.3 Å². The Bertz CT molecular complexity index is 2460. The standard InChI is InChI=1S/2C15H15F7N2S.C9H9F4NS.C7H9F3O.CH4/c1-8-4-10(16)11(5-12(8)25-7-15(20,21)22)24-13(9-2-3-9)23-6-14(17,18)19;1-9-5-10(16)11(6-12(9)25-8-15(20,21)22)23-13-3-2-4-24(13)7-14(17,18)19;1-5-2-6(10)7(14)3-8(5)15-4-9(11,12)13;8-7(9,10)4-3-6(11)5-1-2-5;/h4-5,9H,2-3,6-7H2,1H3,(H,23,24);5-6H,2-4,7-8H2,1H3;2-3H,4,14H2,1H3;5H,1-4H2;1H4. The fourth-order valence-electron chi connectivity index (χ4n) is 6.27. The number of benzene rings is 3. The summed E-state index contributed by atoms with van der Waals surface area (Å²) in [4.78, 5) is 19.9. The first-order valence-electron chi connectivity index (χ1n) is 22.3. The third-order valence-electron chi connectivity index (χ3n) is 10.1. The molecule has 6 nitrogen and oxygen atoms in total. The van der Waals surface area contributed by atoms with Gasteiger partial charge in [-0.3, -0.25) is 9.79 Å². The van der Waals surface area contributed by atoms with Crippen molar-refractivity contribution >= 4 is 69.8 Å². The van der Waals surface area contributed by atoms with Crippen LogP contribution in [-0.2, 0) is 4.79 Å². The number of nitrogen functional groups attached to an aromatic ring is 1. The normalized spacial score (nSPS) is 15.9. The molecule has 0 amide bonds. The maximum Gasteiger partial charge on any atom is 0.408 e. The largest absolute Gasteiger partial charge is 0.408 e. The number of alkyl halides is 18. The highest BCUT2D eigenvalue weighted by Crippen LogP contribution is 2.38. The molecule has 30 heteroatoms. The number of aliphatic imine (C=N–C) groups is 2. The maximum atomic E-state index is 14.1. The number of carbonyl (C=O) groups is 1. The van der Waals surface area contributed by atoms with Gasteiger partial charge in [-0.1, -0.05) is 7.43 Å². The van der Waals surface area contributed by atoms with Crippen LogP contribution >= 0.6 is 35.3 Å². The molecular weight excluding hydrogens is 1150 g/mol. The first kappa shape index (κ1) is 68.8. The van der Waals surface area contributed by atoms with E-state index in [1.807, 2.05) is 0 Å². The highest BCUT2D eigenvalue weighted by Gasteiger charge is 2.36. The molecule has 436 valence electrons. The minimum Gasteiger partial charge on any atom is -0.396 e. The van der Waals surface area contributed by atoms with Gasteiger partial charge in [0.1, 0.15) is 53.7 Å². The molecule has 0 atom stereocenters. The second-order valence-corrected chi connectivity index (χ2v) is 20.3. The smallest absolute Gasteiger partial charge is 0.396 e. The van der Waals surface area contributed by atoms with Crippen molar-refractivity contribution in [1.29, 1.82) is 0 Å². The minimum atomic E-state index is -4.48. The Labute approximate surface area is 442 Å². The van der Waals surface area contributed by atoms with E-state index in [-0.39, 0.29) is 83.0 Å². The number of ketones is 1. The SMILES string of the molecule is C.Cc1cc(F)c(N)cc1SCC(F)(F)F.Cc1cc(F)c(N=C2CCCN2CC(F)(F)F)cc1SCC(F)(F)F.Cc1cc(F)c(NC(=NCC(F)(F)F)C2CC2)cc1SCC(F)(F)F.O=C(CCC(F)(F)F)C1CC1. The van der Waals surface area contributed by atoms with Crippen LogP contribution in [0.15, 0.2) is 61.1 Å². The lowest BCUT2D eigenvalue weighted by molar-refractivity contribution is -0.143. The van der Waals surface area contributed by atoms with E-state index in [1.54, 1.807) is 6.92 Å². The highest BCUT2D eigenvalue weighted by molar-refractivity contribution is 7.99. The Kier molecular flexibility index (Phi) is 25.6. The number of likely N-dealkylation sites (tertiary alicyclic amines) is 1. The summed E-state index contributed by atoms with van der Waals surface area (Å²) >= 11 is 1.59. The van der Waals surface area contributed by atoms with Crippen molar-refractivity contribution in [3.8, 4) is 0 Å². The number of nitrogens with zero attached hydrogens (tertiary/aromatic N) is 3. The van der Waals surface area contributed by atoms with Gasteiger partial charge in [0.05, 0.1) is 35.1 Å². The van der Waals surface area contributed by atoms with E-state index in [0.717, 1.165) is 42.0 Å². The summed E-state index contributed by atoms with van der Waals surface area (Å²) < 4.78 is 260. The van der Waals surface area contributed by atoms with E-state index in [0.29, 0.717) is 76.1 Å². The molecule has 1 aliphatic heterocycles. The number of Topliss-reactive ketones (excluding diaryl/α,β-unsaturated/α-hetero) is 1. The molecule has 2 aliphatic carbocycles. The topological polar surface area (TPSA) is 83.1 Å². The predicted molar refractivity (Wildman–Crippen MR) is 257 cm³/mol. The van der Waals surface area contributed by atoms with Crippen molar-refractivity contribution in [3.05, 3.63) is 70.5 Å². The number of nitrogens with one attached hydrogen (secondary N) is 1. The molecule has 3 aliphatic rings. The lowest BCUT2D eigenvalue weighted by atomic mass is 10.1. The zero-order valence-electron chi connectivity index (χ0n) is 40.0. The lowest BCUT2D eigenvalue weighted by Gasteiger charge is -2.20. The zero-order valence-corrected chi connectivity index (χ0v) is 42.5. The molecule has 1 heterocycles. The molecule has 3 aromatic carbocycles. The van der Waals surface area contributed by atoms with Gasteiger partial charge in [0.2, 0.25) is 0 Å². The van der Waals surface area contributed by atoms with E-state index >= 15 is 0 Å². The van der Waals surface area contributed by atoms with Gasteiger partial charge in [0.15, 0.2) is 0 Å². The van der Waals surface area contributed by atoms with E-state index in [1.165, 1.54) is 26.0 Å².